The number of hydrogen-bond donors (Lipinski definition) is 0. The summed E-state index contributed by atoms with van der Waals surface area (Å²) in [5.41, 5.74) is 5.79. The summed E-state index contributed by atoms with van der Waals surface area (Å²) in [5, 5.41) is 0. The van der Waals surface area contributed by atoms with E-state index in [1.54, 1.807) is 66.7 Å². The monoisotopic (exact) mass is 644 g/mol. The Hall–Kier alpha value is -3.91. The van der Waals surface area contributed by atoms with E-state index < -0.39 is 37.5 Å². The molecule has 40 heavy (non-hydrogen) atoms. The van der Waals surface area contributed by atoms with E-state index in [9.17, 15) is 14.4 Å². The van der Waals surface area contributed by atoms with Crippen LogP contribution in [0.25, 0.3) is 0 Å². The van der Waals surface area contributed by atoms with Gasteiger partial charge >= 0.3 is 241 Å². The molecule has 0 atom stereocenters. The van der Waals surface area contributed by atoms with Crippen molar-refractivity contribution < 1.29 is 23.6 Å². The number of hydrogen-bond acceptors (Lipinski definition) is 6. The third-order valence-electron chi connectivity index (χ3n) is 7.28. The van der Waals surface area contributed by atoms with Crippen LogP contribution in [0.1, 0.15) is 64.5 Å². The van der Waals surface area contributed by atoms with E-state index in [0.29, 0.717) is 20.3 Å². The fourth-order valence-electron chi connectivity index (χ4n) is 4.33. The van der Waals surface area contributed by atoms with Crippen LogP contribution in [0.5, 0.6) is 0 Å². The first-order chi connectivity index (χ1) is 19.0. The molecule has 0 amide bonds. The van der Waals surface area contributed by atoms with Gasteiger partial charge in [0.1, 0.15) is 0 Å². The van der Waals surface area contributed by atoms with Crippen LogP contribution in [0.3, 0.4) is 0 Å². The van der Waals surface area contributed by atoms with E-state index in [2.05, 4.69) is 0 Å². The number of benzene rings is 4. The van der Waals surface area contributed by atoms with E-state index in [4.69, 9.17) is 9.22 Å². The molecule has 0 saturated heterocycles. The molecule has 0 radical (unpaired) electrons. The van der Waals surface area contributed by atoms with Gasteiger partial charge in [-0.15, -0.1) is 0 Å². The molecule has 204 valence electrons. The first kappa shape index (κ1) is 29.1. The van der Waals surface area contributed by atoms with Crippen molar-refractivity contribution in [1.82, 2.24) is 0 Å². The minimum absolute atomic E-state index is 0.308. The summed E-state index contributed by atoms with van der Waals surface area (Å²) >= 11 is -5.63. The SMILES string of the molecule is Cc1cccc(C(=O)[O][Sn]([O]C(=O)c2cccc(C)c2C)([O]C(=O)c2cccc(C)c2C)[c]2ccccc2)c1C. The van der Waals surface area contributed by atoms with Crippen LogP contribution in [0.2, 0.25) is 0 Å². The van der Waals surface area contributed by atoms with Crippen molar-refractivity contribution in [1.29, 1.82) is 0 Å². The van der Waals surface area contributed by atoms with Gasteiger partial charge in [-0.1, -0.05) is 0 Å². The molecule has 0 bridgehead atoms. The van der Waals surface area contributed by atoms with E-state index in [0.717, 1.165) is 33.4 Å². The Labute approximate surface area is 240 Å². The molecule has 0 fully saturated rings. The Balaban J connectivity index is 1.88. The molecule has 0 heterocycles. The van der Waals surface area contributed by atoms with Crippen molar-refractivity contribution in [3.8, 4) is 0 Å². The van der Waals surface area contributed by atoms with Gasteiger partial charge in [-0.3, -0.25) is 0 Å². The number of carbonyl (C=O) groups is 3. The van der Waals surface area contributed by atoms with Crippen molar-refractivity contribution in [2.45, 2.75) is 41.5 Å². The summed E-state index contributed by atoms with van der Waals surface area (Å²) in [7, 11) is 0. The number of carbonyl (C=O) groups excluding carboxylic acids is 3. The Kier molecular flexibility index (Phi) is 8.79. The predicted molar refractivity (Wildman–Crippen MR) is 156 cm³/mol. The quantitative estimate of drug-likeness (QED) is 0.222. The molecule has 0 unspecified atom stereocenters. The summed E-state index contributed by atoms with van der Waals surface area (Å²) in [6.07, 6.45) is 0. The topological polar surface area (TPSA) is 78.9 Å². The van der Waals surface area contributed by atoms with Crippen LogP contribution >= 0.6 is 0 Å². The van der Waals surface area contributed by atoms with Crippen LogP contribution in [0, 0.1) is 41.5 Å². The molecule has 0 aliphatic heterocycles. The van der Waals surface area contributed by atoms with Gasteiger partial charge in [0.2, 0.25) is 0 Å². The standard InChI is InChI=1S/3C9H10O2.C6H5.Sn/c3*1-6-4-3-5-8(7(6)2)9(10)11;1-2-4-6-5-3-1;/h3*3-5H,1-2H3,(H,10,11);1-5H;/q;;;;+3/p-3. The van der Waals surface area contributed by atoms with E-state index >= 15 is 0 Å². The third kappa shape index (κ3) is 5.97. The predicted octanol–water partition coefficient (Wildman–Crippen LogP) is 6.25. The van der Waals surface area contributed by atoms with Crippen LogP contribution in [0.15, 0.2) is 84.9 Å². The van der Waals surface area contributed by atoms with Crippen molar-refractivity contribution >= 4 is 41.1 Å². The Morgan fingerprint density at radius 2 is 0.775 bits per heavy atom. The number of rotatable bonds is 7. The van der Waals surface area contributed by atoms with Gasteiger partial charge in [-0.05, 0) is 0 Å². The molecule has 4 rings (SSSR count). The second-order valence-corrected chi connectivity index (χ2v) is 16.4. The normalized spacial score (nSPS) is 11.1. The van der Waals surface area contributed by atoms with Crippen LogP contribution < -0.4 is 3.58 Å². The van der Waals surface area contributed by atoms with Crippen LogP contribution in [0.4, 0.5) is 0 Å². The zero-order valence-corrected chi connectivity index (χ0v) is 26.4. The molecule has 7 heteroatoms. The molecule has 4 aromatic carbocycles. The fourth-order valence-corrected chi connectivity index (χ4v) is 10.4. The second kappa shape index (κ2) is 12.1. The molecule has 6 nitrogen and oxygen atoms in total. The van der Waals surface area contributed by atoms with Gasteiger partial charge in [-0.2, -0.15) is 0 Å². The second-order valence-electron chi connectivity index (χ2n) is 9.83. The van der Waals surface area contributed by atoms with Crippen molar-refractivity contribution in [2.75, 3.05) is 0 Å². The number of aryl methyl sites for hydroxylation is 3. The Morgan fingerprint density at radius 3 is 1.10 bits per heavy atom. The van der Waals surface area contributed by atoms with Crippen molar-refractivity contribution in [2.24, 2.45) is 0 Å². The van der Waals surface area contributed by atoms with Gasteiger partial charge in [0, 0.05) is 0 Å². The molecular weight excluding hydrogens is 611 g/mol. The van der Waals surface area contributed by atoms with Gasteiger partial charge in [-0.25, -0.2) is 0 Å². The zero-order chi connectivity index (χ0) is 29.0. The molecule has 0 aromatic heterocycles. The van der Waals surface area contributed by atoms with Crippen molar-refractivity contribution in [3.63, 3.8) is 0 Å². The van der Waals surface area contributed by atoms with Gasteiger partial charge in [0.25, 0.3) is 0 Å². The van der Waals surface area contributed by atoms with Crippen LogP contribution in [-0.2, 0) is 9.22 Å². The van der Waals surface area contributed by atoms with E-state index in [-0.39, 0.29) is 0 Å². The first-order valence-electron chi connectivity index (χ1n) is 13.0. The Bertz CT molecular complexity index is 1430. The van der Waals surface area contributed by atoms with Gasteiger partial charge < -0.3 is 0 Å². The minimum atomic E-state index is -5.63. The summed E-state index contributed by atoms with van der Waals surface area (Å²) in [4.78, 5) is 41.2. The summed E-state index contributed by atoms with van der Waals surface area (Å²) in [5.74, 6) is -2.16. The molecule has 0 aliphatic rings. The summed E-state index contributed by atoms with van der Waals surface area (Å²) < 4.78 is 18.8. The van der Waals surface area contributed by atoms with Gasteiger partial charge in [0.15, 0.2) is 0 Å². The van der Waals surface area contributed by atoms with Crippen LogP contribution in [-0.4, -0.2) is 37.5 Å². The van der Waals surface area contributed by atoms with Gasteiger partial charge in [0.05, 0.1) is 0 Å². The van der Waals surface area contributed by atoms with E-state index in [1.807, 2.05) is 59.7 Å². The third-order valence-corrected chi connectivity index (χ3v) is 14.1. The molecule has 0 saturated carbocycles. The van der Waals surface area contributed by atoms with E-state index in [1.165, 1.54) is 0 Å². The van der Waals surface area contributed by atoms with Crippen molar-refractivity contribution in [3.05, 3.63) is 135 Å². The average Bonchev–Trinajstić information content (AvgIpc) is 2.93. The maximum atomic E-state index is 13.7. The molecule has 4 aromatic rings. The first-order valence-corrected chi connectivity index (χ1v) is 17.9. The zero-order valence-electron chi connectivity index (χ0n) is 23.5. The molecule has 0 N–H and O–H groups in total. The maximum absolute atomic E-state index is 13.7. The Morgan fingerprint density at radius 1 is 0.450 bits per heavy atom. The molecule has 0 aliphatic carbocycles. The average molecular weight is 643 g/mol. The molecule has 0 spiro atoms. The summed E-state index contributed by atoms with van der Waals surface area (Å²) in [6, 6.07) is 24.4. The fraction of sp³-hybridized carbons (Fsp3) is 0.182. The summed E-state index contributed by atoms with van der Waals surface area (Å²) in [6.45, 7) is 11.1. The molecular formula is C33H32O6Sn.